The molecule has 9 heteroatoms. The molecule has 29 heavy (non-hydrogen) atoms. The standard InChI is InChI=1S/C20H23N3O4S2/c24-17(12-5-4-8-21-9-12)22-15-18(25)23-16(20(26)27)13(11-29-19(15)23)10-28-14-6-2-1-3-7-14/h1-3,6-7,12,15,19,21H,4-5,8-11H2,(H,22,24)(H,26,27)/t12-,15?,19?/m0/s1. The molecule has 0 saturated carbocycles. The van der Waals surface area contributed by atoms with Crippen molar-refractivity contribution in [2.75, 3.05) is 24.6 Å². The van der Waals surface area contributed by atoms with Crippen LogP contribution in [0.5, 0.6) is 0 Å². The predicted octanol–water partition coefficient (Wildman–Crippen LogP) is 1.52. The minimum Gasteiger partial charge on any atom is -0.477 e. The fourth-order valence-corrected chi connectivity index (χ4v) is 6.23. The van der Waals surface area contributed by atoms with E-state index >= 15 is 0 Å². The van der Waals surface area contributed by atoms with E-state index in [2.05, 4.69) is 10.6 Å². The van der Waals surface area contributed by atoms with Gasteiger partial charge in [-0.1, -0.05) is 18.2 Å². The average molecular weight is 434 g/mol. The van der Waals surface area contributed by atoms with Gasteiger partial charge in [-0.15, -0.1) is 23.5 Å². The van der Waals surface area contributed by atoms with Gasteiger partial charge in [0.2, 0.25) is 5.91 Å². The third-order valence-corrected chi connectivity index (χ3v) is 7.81. The Kier molecular flexibility index (Phi) is 6.17. The van der Waals surface area contributed by atoms with Crippen molar-refractivity contribution in [3.05, 3.63) is 41.6 Å². The second-order valence-electron chi connectivity index (χ2n) is 7.30. The molecule has 0 aromatic heterocycles. The van der Waals surface area contributed by atoms with Gasteiger partial charge in [0.1, 0.15) is 17.1 Å². The van der Waals surface area contributed by atoms with Crippen LogP contribution in [0.1, 0.15) is 12.8 Å². The Hall–Kier alpha value is -1.97. The van der Waals surface area contributed by atoms with E-state index in [0.29, 0.717) is 18.1 Å². The van der Waals surface area contributed by atoms with Crippen LogP contribution in [-0.2, 0) is 14.4 Å². The summed E-state index contributed by atoms with van der Waals surface area (Å²) in [5, 5.41) is 15.5. The maximum Gasteiger partial charge on any atom is 0.352 e. The van der Waals surface area contributed by atoms with E-state index in [1.165, 1.54) is 16.7 Å². The zero-order valence-corrected chi connectivity index (χ0v) is 17.4. The van der Waals surface area contributed by atoms with Crippen LogP contribution in [0.25, 0.3) is 0 Å². The SMILES string of the molecule is O=C(O)C1=C(CSc2ccccc2)CSC2C(NC(=O)[C@H]3CCCNC3)C(=O)N12. The first-order chi connectivity index (χ1) is 14.1. The molecule has 154 valence electrons. The molecule has 2 saturated heterocycles. The van der Waals surface area contributed by atoms with E-state index in [-0.39, 0.29) is 28.8 Å². The van der Waals surface area contributed by atoms with Crippen LogP contribution in [-0.4, -0.2) is 63.8 Å². The molecule has 1 aromatic rings. The lowest BCUT2D eigenvalue weighted by molar-refractivity contribution is -0.151. The quantitative estimate of drug-likeness (QED) is 0.462. The normalized spacial score (nSPS) is 26.6. The second-order valence-corrected chi connectivity index (χ2v) is 9.45. The molecule has 3 N–H and O–H groups in total. The number of amides is 2. The summed E-state index contributed by atoms with van der Waals surface area (Å²) < 4.78 is 0. The topological polar surface area (TPSA) is 98.7 Å². The summed E-state index contributed by atoms with van der Waals surface area (Å²) in [7, 11) is 0. The monoisotopic (exact) mass is 433 g/mol. The number of nitrogens with zero attached hydrogens (tertiary/aromatic N) is 1. The number of carbonyl (C=O) groups is 3. The van der Waals surface area contributed by atoms with Crippen LogP contribution in [0.4, 0.5) is 0 Å². The lowest BCUT2D eigenvalue weighted by Crippen LogP contribution is -2.71. The first-order valence-corrected chi connectivity index (χ1v) is 11.7. The zero-order chi connectivity index (χ0) is 20.4. The average Bonchev–Trinajstić information content (AvgIpc) is 2.76. The third kappa shape index (κ3) is 4.17. The van der Waals surface area contributed by atoms with Gasteiger partial charge in [0.25, 0.3) is 5.91 Å². The Balaban J connectivity index is 1.44. The van der Waals surface area contributed by atoms with Crippen molar-refractivity contribution in [2.45, 2.75) is 29.2 Å². The van der Waals surface area contributed by atoms with E-state index in [1.807, 2.05) is 30.3 Å². The number of benzene rings is 1. The Bertz CT molecular complexity index is 839. The minimum atomic E-state index is -1.09. The predicted molar refractivity (Wildman–Crippen MR) is 112 cm³/mol. The Morgan fingerprint density at radius 2 is 2.10 bits per heavy atom. The van der Waals surface area contributed by atoms with Gasteiger partial charge in [-0.2, -0.15) is 0 Å². The minimum absolute atomic E-state index is 0.0759. The molecule has 2 fully saturated rings. The molecule has 2 amide bonds. The number of thioether (sulfide) groups is 2. The van der Waals surface area contributed by atoms with Gasteiger partial charge in [-0.05, 0) is 37.1 Å². The molecule has 0 spiro atoms. The number of carboxylic acid groups (broad SMARTS) is 1. The highest BCUT2D eigenvalue weighted by atomic mass is 32.2. The summed E-state index contributed by atoms with van der Waals surface area (Å²) in [6.45, 7) is 1.53. The van der Waals surface area contributed by atoms with Crippen molar-refractivity contribution in [3.8, 4) is 0 Å². The lowest BCUT2D eigenvalue weighted by Gasteiger charge is -2.49. The number of aliphatic carboxylic acids is 1. The van der Waals surface area contributed by atoms with Crippen LogP contribution in [0.15, 0.2) is 46.5 Å². The number of rotatable bonds is 6. The fraction of sp³-hybridized carbons (Fsp3) is 0.450. The van der Waals surface area contributed by atoms with Crippen molar-refractivity contribution < 1.29 is 19.5 Å². The highest BCUT2D eigenvalue weighted by Gasteiger charge is 2.54. The molecule has 3 aliphatic rings. The summed E-state index contributed by atoms with van der Waals surface area (Å²) in [5.41, 5.74) is 0.814. The smallest absolute Gasteiger partial charge is 0.352 e. The van der Waals surface area contributed by atoms with Gasteiger partial charge in [-0.3, -0.25) is 14.5 Å². The summed E-state index contributed by atoms with van der Waals surface area (Å²) >= 11 is 3.08. The summed E-state index contributed by atoms with van der Waals surface area (Å²) in [5.74, 6) is -0.631. The van der Waals surface area contributed by atoms with E-state index in [9.17, 15) is 19.5 Å². The van der Waals surface area contributed by atoms with Crippen molar-refractivity contribution in [2.24, 2.45) is 5.92 Å². The highest BCUT2D eigenvalue weighted by molar-refractivity contribution is 8.01. The van der Waals surface area contributed by atoms with Gasteiger partial charge in [0.15, 0.2) is 0 Å². The molecular weight excluding hydrogens is 410 g/mol. The molecule has 0 aliphatic carbocycles. The first kappa shape index (κ1) is 20.3. The Labute approximate surface area is 177 Å². The largest absolute Gasteiger partial charge is 0.477 e. The van der Waals surface area contributed by atoms with E-state index in [4.69, 9.17) is 0 Å². The lowest BCUT2D eigenvalue weighted by atomic mass is 9.97. The molecule has 3 aliphatic heterocycles. The number of fused-ring (bicyclic) bond motifs is 1. The zero-order valence-electron chi connectivity index (χ0n) is 15.8. The molecule has 1 aromatic carbocycles. The third-order valence-electron chi connectivity index (χ3n) is 5.37. The molecule has 4 rings (SSSR count). The summed E-state index contributed by atoms with van der Waals surface area (Å²) in [4.78, 5) is 39.5. The van der Waals surface area contributed by atoms with E-state index < -0.39 is 12.0 Å². The first-order valence-electron chi connectivity index (χ1n) is 9.65. The molecule has 7 nitrogen and oxygen atoms in total. The maximum absolute atomic E-state index is 12.7. The summed E-state index contributed by atoms with van der Waals surface area (Å²) in [6, 6.07) is 9.12. The number of carbonyl (C=O) groups excluding carboxylic acids is 2. The highest BCUT2D eigenvalue weighted by Crippen LogP contribution is 2.41. The molecule has 2 unspecified atom stereocenters. The number of hydrogen-bond acceptors (Lipinski definition) is 6. The second kappa shape index (κ2) is 8.81. The molecule has 3 atom stereocenters. The van der Waals surface area contributed by atoms with Crippen LogP contribution in [0.3, 0.4) is 0 Å². The van der Waals surface area contributed by atoms with Gasteiger partial charge in [-0.25, -0.2) is 4.79 Å². The van der Waals surface area contributed by atoms with Crippen molar-refractivity contribution in [3.63, 3.8) is 0 Å². The Morgan fingerprint density at radius 3 is 2.79 bits per heavy atom. The number of hydrogen-bond donors (Lipinski definition) is 3. The van der Waals surface area contributed by atoms with Gasteiger partial charge in [0, 0.05) is 22.9 Å². The fourth-order valence-electron chi connectivity index (χ4n) is 3.83. The van der Waals surface area contributed by atoms with Crippen LogP contribution >= 0.6 is 23.5 Å². The van der Waals surface area contributed by atoms with Gasteiger partial charge < -0.3 is 15.7 Å². The van der Waals surface area contributed by atoms with Crippen LogP contribution in [0, 0.1) is 5.92 Å². The van der Waals surface area contributed by atoms with Crippen molar-refractivity contribution >= 4 is 41.3 Å². The summed E-state index contributed by atoms with van der Waals surface area (Å²) in [6.07, 6.45) is 1.75. The number of β-lactam (4-membered cyclic amide) rings is 1. The molecule has 3 heterocycles. The van der Waals surface area contributed by atoms with Gasteiger partial charge >= 0.3 is 5.97 Å². The van der Waals surface area contributed by atoms with Gasteiger partial charge in [0.05, 0.1) is 5.92 Å². The van der Waals surface area contributed by atoms with Crippen molar-refractivity contribution in [1.29, 1.82) is 0 Å². The van der Waals surface area contributed by atoms with Crippen molar-refractivity contribution in [1.82, 2.24) is 15.5 Å². The van der Waals surface area contributed by atoms with Crippen LogP contribution < -0.4 is 10.6 Å². The Morgan fingerprint density at radius 1 is 1.31 bits per heavy atom. The molecular formula is C20H23N3O4S2. The number of nitrogens with one attached hydrogen (secondary N) is 2. The van der Waals surface area contributed by atoms with E-state index in [1.54, 1.807) is 11.8 Å². The van der Waals surface area contributed by atoms with E-state index in [0.717, 1.165) is 29.9 Å². The van der Waals surface area contributed by atoms with Crippen LogP contribution in [0.2, 0.25) is 0 Å². The number of piperidine rings is 1. The molecule has 0 radical (unpaired) electrons. The maximum atomic E-state index is 12.7. The molecule has 0 bridgehead atoms. The number of carboxylic acids is 1.